The first-order chi connectivity index (χ1) is 17.5. The summed E-state index contributed by atoms with van der Waals surface area (Å²) in [5, 5.41) is 3.63. The lowest BCUT2D eigenvalue weighted by molar-refractivity contribution is -0.140. The van der Waals surface area contributed by atoms with Gasteiger partial charge in [0.25, 0.3) is 0 Å². The molecule has 10 heteroatoms. The van der Waals surface area contributed by atoms with Gasteiger partial charge in [-0.25, -0.2) is 8.42 Å². The first-order valence-electron chi connectivity index (χ1n) is 12.6. The quantitative estimate of drug-likeness (QED) is 0.420. The lowest BCUT2D eigenvalue weighted by Gasteiger charge is -2.34. The van der Waals surface area contributed by atoms with Gasteiger partial charge in [0, 0.05) is 22.6 Å². The van der Waals surface area contributed by atoms with Gasteiger partial charge in [-0.05, 0) is 55.5 Å². The van der Waals surface area contributed by atoms with E-state index in [0.717, 1.165) is 53.8 Å². The summed E-state index contributed by atoms with van der Waals surface area (Å²) in [6.45, 7) is 3.48. The van der Waals surface area contributed by atoms with Crippen molar-refractivity contribution in [3.8, 4) is 0 Å². The lowest BCUT2D eigenvalue weighted by atomic mass is 9.95. The molecule has 0 heterocycles. The van der Waals surface area contributed by atoms with Gasteiger partial charge in [-0.3, -0.25) is 13.9 Å². The van der Waals surface area contributed by atoms with Gasteiger partial charge < -0.3 is 10.2 Å². The Morgan fingerprint density at radius 2 is 1.68 bits per heavy atom. The third-order valence-electron chi connectivity index (χ3n) is 6.75. The highest BCUT2D eigenvalue weighted by Gasteiger charge is 2.33. The predicted molar refractivity (Wildman–Crippen MR) is 149 cm³/mol. The summed E-state index contributed by atoms with van der Waals surface area (Å²) >= 11 is 12.2. The van der Waals surface area contributed by atoms with Crippen molar-refractivity contribution < 1.29 is 18.0 Å². The molecule has 2 aromatic rings. The third-order valence-corrected chi connectivity index (χ3v) is 8.33. The minimum atomic E-state index is -3.87. The third kappa shape index (κ3) is 8.09. The molecule has 202 valence electrons. The van der Waals surface area contributed by atoms with Crippen molar-refractivity contribution in [2.45, 2.75) is 71.0 Å². The Morgan fingerprint density at radius 1 is 1.05 bits per heavy atom. The second-order valence-corrected chi connectivity index (χ2v) is 12.4. The van der Waals surface area contributed by atoms with Crippen LogP contribution in [0.3, 0.4) is 0 Å². The fourth-order valence-electron chi connectivity index (χ4n) is 4.73. The highest BCUT2D eigenvalue weighted by atomic mass is 35.5. The molecule has 1 atom stereocenters. The average molecular weight is 569 g/mol. The van der Waals surface area contributed by atoms with Crippen LogP contribution in [0.2, 0.25) is 10.0 Å². The molecule has 3 rings (SSSR count). The van der Waals surface area contributed by atoms with Crippen LogP contribution in [-0.4, -0.2) is 50.0 Å². The monoisotopic (exact) mass is 567 g/mol. The van der Waals surface area contributed by atoms with E-state index < -0.39 is 28.5 Å². The maximum Gasteiger partial charge on any atom is 0.244 e. The molecule has 1 aliphatic rings. The zero-order valence-corrected chi connectivity index (χ0v) is 23.9. The summed E-state index contributed by atoms with van der Waals surface area (Å²) in [7, 11) is -3.87. The van der Waals surface area contributed by atoms with E-state index in [1.54, 1.807) is 0 Å². The van der Waals surface area contributed by atoms with E-state index in [4.69, 9.17) is 23.2 Å². The van der Waals surface area contributed by atoms with Gasteiger partial charge in [0.2, 0.25) is 21.8 Å². The molecular formula is C27H35Cl2N3O4S. The van der Waals surface area contributed by atoms with Crippen molar-refractivity contribution in [2.75, 3.05) is 17.1 Å². The van der Waals surface area contributed by atoms with Gasteiger partial charge in [-0.15, -0.1) is 0 Å². The summed E-state index contributed by atoms with van der Waals surface area (Å²) in [6.07, 6.45) is 6.55. The van der Waals surface area contributed by atoms with E-state index >= 15 is 0 Å². The Balaban J connectivity index is 1.94. The van der Waals surface area contributed by atoms with Crippen molar-refractivity contribution >= 4 is 50.7 Å². The standard InChI is InChI=1S/C27H35Cl2N3O4S/c1-4-25(27(34)30-23-12-6-5-7-13-23)31(17-20-11-9-8-10-19(20)2)26(33)18-32(37(3,35)36)24-15-21(28)14-22(29)16-24/h8-11,14-16,23,25H,4-7,12-13,17-18H2,1-3H3,(H,30,34)/t25-/m0/s1. The highest BCUT2D eigenvalue weighted by molar-refractivity contribution is 7.92. The van der Waals surface area contributed by atoms with Crippen LogP contribution in [0, 0.1) is 6.92 Å². The van der Waals surface area contributed by atoms with Gasteiger partial charge in [0.1, 0.15) is 12.6 Å². The van der Waals surface area contributed by atoms with Gasteiger partial charge in [0.15, 0.2) is 0 Å². The SMILES string of the molecule is CC[C@@H](C(=O)NC1CCCCC1)N(Cc1ccccc1C)C(=O)CN(c1cc(Cl)cc(Cl)c1)S(C)(=O)=O. The molecule has 37 heavy (non-hydrogen) atoms. The molecule has 0 aromatic heterocycles. The Bertz CT molecular complexity index is 1200. The molecule has 1 fully saturated rings. The largest absolute Gasteiger partial charge is 0.352 e. The summed E-state index contributed by atoms with van der Waals surface area (Å²) in [6, 6.07) is 11.4. The predicted octanol–water partition coefficient (Wildman–Crippen LogP) is 5.32. The Kier molecular flexibility index (Phi) is 10.3. The van der Waals surface area contributed by atoms with Crippen LogP contribution in [0.15, 0.2) is 42.5 Å². The normalized spacial score (nSPS) is 15.2. The zero-order chi connectivity index (χ0) is 27.2. The molecule has 0 aliphatic heterocycles. The fraction of sp³-hybridized carbons (Fsp3) is 0.481. The van der Waals surface area contributed by atoms with Crippen molar-refractivity contribution in [1.29, 1.82) is 0 Å². The second kappa shape index (κ2) is 13.0. The van der Waals surface area contributed by atoms with E-state index in [1.165, 1.54) is 23.1 Å². The molecule has 7 nitrogen and oxygen atoms in total. The summed E-state index contributed by atoms with van der Waals surface area (Å²) in [5.74, 6) is -0.705. The molecule has 2 amide bonds. The van der Waals surface area contributed by atoms with E-state index in [1.807, 2.05) is 38.1 Å². The van der Waals surface area contributed by atoms with Crippen LogP contribution in [0.25, 0.3) is 0 Å². The Hall–Kier alpha value is -2.29. The first-order valence-corrected chi connectivity index (χ1v) is 15.2. The van der Waals surface area contributed by atoms with E-state index in [2.05, 4.69) is 5.32 Å². The second-order valence-electron chi connectivity index (χ2n) is 9.61. The van der Waals surface area contributed by atoms with Crippen molar-refractivity contribution in [3.05, 3.63) is 63.6 Å². The molecular weight excluding hydrogens is 533 g/mol. The van der Waals surface area contributed by atoms with Crippen molar-refractivity contribution in [2.24, 2.45) is 0 Å². The van der Waals surface area contributed by atoms with Gasteiger partial charge in [-0.1, -0.05) is 73.7 Å². The number of aryl methyl sites for hydroxylation is 1. The number of anilines is 1. The van der Waals surface area contributed by atoms with Gasteiger partial charge in [-0.2, -0.15) is 0 Å². The van der Waals surface area contributed by atoms with Crippen LogP contribution in [0.1, 0.15) is 56.6 Å². The topological polar surface area (TPSA) is 86.8 Å². The number of rotatable bonds is 10. The number of hydrogen-bond acceptors (Lipinski definition) is 4. The number of halogens is 2. The molecule has 1 aliphatic carbocycles. The Morgan fingerprint density at radius 3 is 2.24 bits per heavy atom. The lowest BCUT2D eigenvalue weighted by Crippen LogP contribution is -2.54. The fourth-order valence-corrected chi connectivity index (χ4v) is 6.08. The molecule has 1 saturated carbocycles. The number of nitrogens with zero attached hydrogens (tertiary/aromatic N) is 2. The number of benzene rings is 2. The van der Waals surface area contributed by atoms with Crippen LogP contribution in [-0.2, 0) is 26.2 Å². The number of carbonyl (C=O) groups excluding carboxylic acids is 2. The van der Waals surface area contributed by atoms with Crippen LogP contribution in [0.4, 0.5) is 5.69 Å². The van der Waals surface area contributed by atoms with Crippen LogP contribution in [0.5, 0.6) is 0 Å². The van der Waals surface area contributed by atoms with E-state index in [9.17, 15) is 18.0 Å². The summed E-state index contributed by atoms with van der Waals surface area (Å²) < 4.78 is 26.5. The number of carbonyl (C=O) groups is 2. The molecule has 1 N–H and O–H groups in total. The maximum atomic E-state index is 13.8. The van der Waals surface area contributed by atoms with Crippen molar-refractivity contribution in [3.63, 3.8) is 0 Å². The van der Waals surface area contributed by atoms with E-state index in [0.29, 0.717) is 6.42 Å². The molecule has 0 spiro atoms. The molecule has 0 unspecified atom stereocenters. The van der Waals surface area contributed by atoms with Crippen molar-refractivity contribution in [1.82, 2.24) is 10.2 Å². The Labute approximate surface area is 230 Å². The number of sulfonamides is 1. The number of amides is 2. The molecule has 2 aromatic carbocycles. The first kappa shape index (κ1) is 29.3. The van der Waals surface area contributed by atoms with Crippen LogP contribution >= 0.6 is 23.2 Å². The maximum absolute atomic E-state index is 13.8. The average Bonchev–Trinajstić information content (AvgIpc) is 2.82. The highest BCUT2D eigenvalue weighted by Crippen LogP contribution is 2.28. The zero-order valence-electron chi connectivity index (χ0n) is 21.5. The van der Waals surface area contributed by atoms with Gasteiger partial charge >= 0.3 is 0 Å². The summed E-state index contributed by atoms with van der Waals surface area (Å²) in [4.78, 5) is 28.8. The van der Waals surface area contributed by atoms with Gasteiger partial charge in [0.05, 0.1) is 11.9 Å². The minimum Gasteiger partial charge on any atom is -0.352 e. The van der Waals surface area contributed by atoms with E-state index in [-0.39, 0.29) is 34.2 Å². The van der Waals surface area contributed by atoms with Crippen LogP contribution < -0.4 is 9.62 Å². The molecule has 0 radical (unpaired) electrons. The number of hydrogen-bond donors (Lipinski definition) is 1. The number of nitrogens with one attached hydrogen (secondary N) is 1. The smallest absolute Gasteiger partial charge is 0.244 e. The summed E-state index contributed by atoms with van der Waals surface area (Å²) in [5.41, 5.74) is 2.05. The minimum absolute atomic E-state index is 0.0897. The molecule has 0 saturated heterocycles. The molecule has 0 bridgehead atoms.